The van der Waals surface area contributed by atoms with Gasteiger partial charge in [-0.1, -0.05) is 6.07 Å². The van der Waals surface area contributed by atoms with Gasteiger partial charge in [0.1, 0.15) is 0 Å². The molecule has 4 rings (SSSR count). The summed E-state index contributed by atoms with van der Waals surface area (Å²) >= 11 is 0. The van der Waals surface area contributed by atoms with Gasteiger partial charge in [-0.05, 0) is 30.9 Å². The Morgan fingerprint density at radius 3 is 2.84 bits per heavy atom. The summed E-state index contributed by atoms with van der Waals surface area (Å²) in [6.07, 6.45) is 4.62. The van der Waals surface area contributed by atoms with E-state index in [-0.39, 0.29) is 5.25 Å². The molecule has 0 fully saturated rings. The van der Waals surface area contributed by atoms with Crippen LogP contribution in [0.2, 0.25) is 0 Å². The minimum Gasteiger partial charge on any atom is -0.493 e. The van der Waals surface area contributed by atoms with Crippen LogP contribution in [0, 0.1) is 0 Å². The summed E-state index contributed by atoms with van der Waals surface area (Å²) in [4.78, 5) is 12.2. The minimum atomic E-state index is -1.29. The standard InChI is InChI=1S/C18H19N3O3S/c1-23-14-9-12-13(10-15(14)24-2)21-18(20-12)25(22)16-7-3-5-11-6-4-8-19-17(11)16/h4,6,8-10,16H,3,5,7H2,1-2H3,(H,20,21). The zero-order chi connectivity index (χ0) is 17.4. The second-order valence-corrected chi connectivity index (χ2v) is 7.54. The van der Waals surface area contributed by atoms with Crippen molar-refractivity contribution in [3.8, 4) is 11.5 Å². The molecule has 1 N–H and O–H groups in total. The molecule has 0 amide bonds. The Kier molecular flexibility index (Phi) is 4.17. The molecule has 0 saturated carbocycles. The van der Waals surface area contributed by atoms with Crippen LogP contribution in [0.5, 0.6) is 11.5 Å². The van der Waals surface area contributed by atoms with E-state index in [1.54, 1.807) is 26.5 Å². The monoisotopic (exact) mass is 357 g/mol. The molecule has 2 heterocycles. The fourth-order valence-electron chi connectivity index (χ4n) is 3.32. The topological polar surface area (TPSA) is 77.1 Å². The molecule has 1 aliphatic rings. The summed E-state index contributed by atoms with van der Waals surface area (Å²) in [6, 6.07) is 7.61. The van der Waals surface area contributed by atoms with E-state index in [1.807, 2.05) is 12.1 Å². The van der Waals surface area contributed by atoms with E-state index in [0.717, 1.165) is 30.5 Å². The van der Waals surface area contributed by atoms with Crippen molar-refractivity contribution in [1.82, 2.24) is 15.0 Å². The van der Waals surface area contributed by atoms with Crippen LogP contribution in [-0.2, 0) is 17.2 Å². The van der Waals surface area contributed by atoms with Gasteiger partial charge < -0.3 is 14.5 Å². The number of pyridine rings is 1. The van der Waals surface area contributed by atoms with Gasteiger partial charge in [0, 0.05) is 18.3 Å². The van der Waals surface area contributed by atoms with Gasteiger partial charge in [-0.2, -0.15) is 0 Å². The highest BCUT2D eigenvalue weighted by Crippen LogP contribution is 2.36. The molecule has 1 aromatic carbocycles. The van der Waals surface area contributed by atoms with Crippen LogP contribution in [0.4, 0.5) is 0 Å². The summed E-state index contributed by atoms with van der Waals surface area (Å²) in [5.41, 5.74) is 3.60. The van der Waals surface area contributed by atoms with E-state index in [4.69, 9.17) is 9.47 Å². The van der Waals surface area contributed by atoms with E-state index in [1.165, 1.54) is 5.56 Å². The minimum absolute atomic E-state index is 0.130. The van der Waals surface area contributed by atoms with Crippen LogP contribution in [0.15, 0.2) is 35.6 Å². The maximum absolute atomic E-state index is 13.2. The van der Waals surface area contributed by atoms with Crippen molar-refractivity contribution >= 4 is 21.8 Å². The Morgan fingerprint density at radius 2 is 2.04 bits per heavy atom. The van der Waals surface area contributed by atoms with Crippen LogP contribution in [0.25, 0.3) is 11.0 Å². The van der Waals surface area contributed by atoms with E-state index in [0.29, 0.717) is 22.2 Å². The smallest absolute Gasteiger partial charge is 0.198 e. The van der Waals surface area contributed by atoms with Crippen LogP contribution in [-0.4, -0.2) is 33.4 Å². The molecule has 6 nitrogen and oxygen atoms in total. The second kappa shape index (κ2) is 6.48. The van der Waals surface area contributed by atoms with Crippen LogP contribution >= 0.6 is 0 Å². The Labute approximate surface area is 148 Å². The Hall–Kier alpha value is -2.41. The molecule has 2 unspecified atom stereocenters. The fraction of sp³-hybridized carbons (Fsp3) is 0.333. The summed E-state index contributed by atoms with van der Waals surface area (Å²) in [5.74, 6) is 1.21. The largest absolute Gasteiger partial charge is 0.493 e. The molecule has 0 bridgehead atoms. The van der Waals surface area contributed by atoms with Gasteiger partial charge in [-0.3, -0.25) is 9.19 Å². The Morgan fingerprint density at radius 1 is 1.24 bits per heavy atom. The van der Waals surface area contributed by atoms with Gasteiger partial charge >= 0.3 is 0 Å². The fourth-order valence-corrected chi connectivity index (χ4v) is 4.78. The quantitative estimate of drug-likeness (QED) is 0.776. The number of aromatic amines is 1. The molecule has 3 aromatic rings. The van der Waals surface area contributed by atoms with E-state index in [9.17, 15) is 4.21 Å². The molecule has 130 valence electrons. The first-order valence-electron chi connectivity index (χ1n) is 8.17. The van der Waals surface area contributed by atoms with Gasteiger partial charge in [-0.25, -0.2) is 4.98 Å². The maximum atomic E-state index is 13.2. The summed E-state index contributed by atoms with van der Waals surface area (Å²) < 4.78 is 23.8. The van der Waals surface area contributed by atoms with Gasteiger partial charge in [0.15, 0.2) is 16.7 Å². The van der Waals surface area contributed by atoms with Crippen LogP contribution in [0.3, 0.4) is 0 Å². The molecular weight excluding hydrogens is 338 g/mol. The van der Waals surface area contributed by atoms with Gasteiger partial charge in [-0.15, -0.1) is 0 Å². The highest BCUT2D eigenvalue weighted by Gasteiger charge is 2.29. The van der Waals surface area contributed by atoms with Gasteiger partial charge in [0.25, 0.3) is 0 Å². The molecule has 2 aromatic heterocycles. The zero-order valence-electron chi connectivity index (χ0n) is 14.1. The maximum Gasteiger partial charge on any atom is 0.198 e. The number of nitrogens with zero attached hydrogens (tertiary/aromatic N) is 2. The highest BCUT2D eigenvalue weighted by molar-refractivity contribution is 7.85. The Balaban J connectivity index is 1.74. The number of hydrogen-bond donors (Lipinski definition) is 1. The molecule has 0 spiro atoms. The first-order chi connectivity index (χ1) is 12.2. The van der Waals surface area contributed by atoms with Gasteiger partial charge in [0.2, 0.25) is 0 Å². The summed E-state index contributed by atoms with van der Waals surface area (Å²) in [6.45, 7) is 0. The highest BCUT2D eigenvalue weighted by atomic mass is 32.2. The number of ether oxygens (including phenoxy) is 2. The van der Waals surface area contributed by atoms with Crippen molar-refractivity contribution < 1.29 is 13.7 Å². The average molecular weight is 357 g/mol. The third-order valence-electron chi connectivity index (χ3n) is 4.56. The van der Waals surface area contributed by atoms with Crippen LogP contribution < -0.4 is 9.47 Å². The SMILES string of the molecule is COc1cc2nc(S(=O)C3CCCc4cccnc43)[nH]c2cc1OC. The predicted octanol–water partition coefficient (Wildman–Crippen LogP) is 3.16. The number of imidazole rings is 1. The second-order valence-electron chi connectivity index (χ2n) is 5.99. The number of methoxy groups -OCH3 is 2. The molecule has 0 radical (unpaired) electrons. The first kappa shape index (κ1) is 16.1. The molecule has 25 heavy (non-hydrogen) atoms. The van der Waals surface area contributed by atoms with Crippen molar-refractivity contribution in [2.24, 2.45) is 0 Å². The van der Waals surface area contributed by atoms with Crippen molar-refractivity contribution in [3.63, 3.8) is 0 Å². The lowest BCUT2D eigenvalue weighted by molar-refractivity contribution is 0.356. The molecule has 0 aliphatic heterocycles. The molecule has 7 heteroatoms. The lowest BCUT2D eigenvalue weighted by Gasteiger charge is -2.22. The van der Waals surface area contributed by atoms with Crippen molar-refractivity contribution in [2.45, 2.75) is 29.7 Å². The molecule has 1 aliphatic carbocycles. The average Bonchev–Trinajstić information content (AvgIpc) is 3.08. The first-order valence-corrected chi connectivity index (χ1v) is 9.38. The summed E-state index contributed by atoms with van der Waals surface area (Å²) in [5, 5.41) is 0.336. The third kappa shape index (κ3) is 2.78. The number of nitrogens with one attached hydrogen (secondary N) is 1. The zero-order valence-corrected chi connectivity index (χ0v) is 14.9. The van der Waals surface area contributed by atoms with Crippen molar-refractivity contribution in [1.29, 1.82) is 0 Å². The Bertz CT molecular complexity index is 913. The normalized spacial score (nSPS) is 17.9. The van der Waals surface area contributed by atoms with Gasteiger partial charge in [0.05, 0.1) is 47.0 Å². The molecule has 2 atom stereocenters. The number of rotatable bonds is 4. The lowest BCUT2D eigenvalue weighted by atomic mass is 9.96. The van der Waals surface area contributed by atoms with E-state index < -0.39 is 10.8 Å². The lowest BCUT2D eigenvalue weighted by Crippen LogP contribution is -2.17. The number of H-pyrrole nitrogens is 1. The third-order valence-corrected chi connectivity index (χ3v) is 6.11. The van der Waals surface area contributed by atoms with Crippen LogP contribution in [0.1, 0.15) is 29.3 Å². The number of benzene rings is 1. The van der Waals surface area contributed by atoms with E-state index >= 15 is 0 Å². The number of aryl methyl sites for hydroxylation is 1. The van der Waals surface area contributed by atoms with E-state index in [2.05, 4.69) is 21.0 Å². The number of aromatic nitrogens is 3. The predicted molar refractivity (Wildman–Crippen MR) is 95.5 cm³/mol. The molecule has 0 saturated heterocycles. The molecular formula is C18H19N3O3S. The number of hydrogen-bond acceptors (Lipinski definition) is 5. The summed E-state index contributed by atoms with van der Waals surface area (Å²) in [7, 11) is 1.88. The van der Waals surface area contributed by atoms with Crippen molar-refractivity contribution in [3.05, 3.63) is 41.7 Å². The van der Waals surface area contributed by atoms with Crippen molar-refractivity contribution in [2.75, 3.05) is 14.2 Å². The number of fused-ring (bicyclic) bond motifs is 2.